The molecule has 2 N–H and O–H groups in total. The summed E-state index contributed by atoms with van der Waals surface area (Å²) in [6.45, 7) is 3.99. The van der Waals surface area contributed by atoms with Crippen molar-refractivity contribution in [3.63, 3.8) is 0 Å². The van der Waals surface area contributed by atoms with Gasteiger partial charge in [-0.05, 0) is 38.5 Å². The molecule has 0 spiro atoms. The van der Waals surface area contributed by atoms with Crippen molar-refractivity contribution in [3.8, 4) is 0 Å². The number of carbonyl (C=O) groups is 1. The number of halogens is 1. The maximum atomic E-state index is 13.1. The van der Waals surface area contributed by atoms with E-state index in [2.05, 4.69) is 5.32 Å². The molecule has 0 aliphatic rings. The number of alkyl carbamates (subject to hydrolysis) is 1. The fourth-order valence-corrected chi connectivity index (χ4v) is 2.44. The third kappa shape index (κ3) is 6.15. The summed E-state index contributed by atoms with van der Waals surface area (Å²) in [6.07, 6.45) is -1.11. The zero-order valence-electron chi connectivity index (χ0n) is 13.5. The molecule has 1 aromatic rings. The Bertz CT molecular complexity index is 637. The van der Waals surface area contributed by atoms with Gasteiger partial charge in [0.2, 0.25) is 0 Å². The molecule has 2 atom stereocenters. The van der Waals surface area contributed by atoms with E-state index >= 15 is 0 Å². The Morgan fingerprint density at radius 2 is 1.83 bits per heavy atom. The van der Waals surface area contributed by atoms with E-state index in [1.54, 1.807) is 20.8 Å². The monoisotopic (exact) mass is 347 g/mol. The van der Waals surface area contributed by atoms with Crippen molar-refractivity contribution >= 4 is 15.9 Å². The molecule has 1 rings (SSSR count). The first kappa shape index (κ1) is 19.4. The molecule has 8 heteroatoms. The third-order valence-electron chi connectivity index (χ3n) is 2.90. The maximum Gasteiger partial charge on any atom is 0.408 e. The molecular weight excluding hydrogens is 325 g/mol. The van der Waals surface area contributed by atoms with Gasteiger partial charge in [-0.3, -0.25) is 0 Å². The van der Waals surface area contributed by atoms with Crippen LogP contribution in [0.25, 0.3) is 0 Å². The summed E-state index contributed by atoms with van der Waals surface area (Å²) in [7, 11) is -3.36. The molecule has 0 fully saturated rings. The second kappa shape index (κ2) is 7.27. The summed E-state index contributed by atoms with van der Waals surface area (Å²) in [4.78, 5) is 11.7. The highest BCUT2D eigenvalue weighted by Crippen LogP contribution is 2.20. The summed E-state index contributed by atoms with van der Waals surface area (Å²) in [6, 6.07) is 4.18. The molecule has 6 nitrogen and oxygen atoms in total. The van der Waals surface area contributed by atoms with Crippen LogP contribution >= 0.6 is 0 Å². The largest absolute Gasteiger partial charge is 0.444 e. The van der Waals surface area contributed by atoms with Gasteiger partial charge in [0.25, 0.3) is 0 Å². The van der Waals surface area contributed by atoms with Gasteiger partial charge in [0.1, 0.15) is 18.4 Å². The van der Waals surface area contributed by atoms with Crippen LogP contribution in [0.2, 0.25) is 0 Å². The second-order valence-corrected chi connectivity index (χ2v) is 8.21. The lowest BCUT2D eigenvalue weighted by Gasteiger charge is -2.25. The molecule has 0 unspecified atom stereocenters. The van der Waals surface area contributed by atoms with Crippen LogP contribution in [-0.2, 0) is 14.6 Å². The summed E-state index contributed by atoms with van der Waals surface area (Å²) in [5.74, 6) is 0. The Labute approximate surface area is 135 Å². The van der Waals surface area contributed by atoms with Crippen molar-refractivity contribution in [3.05, 3.63) is 29.8 Å². The number of amides is 1. The van der Waals surface area contributed by atoms with Gasteiger partial charge < -0.3 is 15.2 Å². The molecule has 0 aromatic heterocycles. The molecule has 0 heterocycles. The number of sulfone groups is 1. The van der Waals surface area contributed by atoms with Crippen LogP contribution < -0.4 is 5.32 Å². The number of rotatable bonds is 5. The molecule has 130 valence electrons. The number of alkyl halides is 1. The van der Waals surface area contributed by atoms with Crippen LogP contribution in [0.3, 0.4) is 0 Å². The average Bonchev–Trinajstić information content (AvgIpc) is 2.41. The second-order valence-electron chi connectivity index (χ2n) is 6.19. The average molecular weight is 347 g/mol. The van der Waals surface area contributed by atoms with Gasteiger partial charge >= 0.3 is 6.09 Å². The van der Waals surface area contributed by atoms with E-state index < -0.39 is 40.4 Å². The van der Waals surface area contributed by atoms with Crippen molar-refractivity contribution in [2.75, 3.05) is 12.9 Å². The summed E-state index contributed by atoms with van der Waals surface area (Å²) >= 11 is 0. The molecular formula is C15H22FNO5S. The predicted molar refractivity (Wildman–Crippen MR) is 83.6 cm³/mol. The Hall–Kier alpha value is -1.67. The SMILES string of the molecule is CC(C)(C)OC(=O)N[C@H](CF)[C@H](O)c1ccc(S(C)(=O)=O)cc1. The number of nitrogens with one attached hydrogen (secondary N) is 1. The molecule has 0 aliphatic heterocycles. The highest BCUT2D eigenvalue weighted by Gasteiger charge is 2.26. The highest BCUT2D eigenvalue weighted by molar-refractivity contribution is 7.90. The highest BCUT2D eigenvalue weighted by atomic mass is 32.2. The fraction of sp³-hybridized carbons (Fsp3) is 0.533. The van der Waals surface area contributed by atoms with Crippen molar-refractivity contribution in [2.24, 2.45) is 0 Å². The number of carbonyl (C=O) groups excluding carboxylic acids is 1. The minimum Gasteiger partial charge on any atom is -0.444 e. The molecule has 1 amide bonds. The van der Waals surface area contributed by atoms with Crippen LogP contribution in [0.15, 0.2) is 29.2 Å². The number of aliphatic hydroxyl groups excluding tert-OH is 1. The Morgan fingerprint density at radius 3 is 2.22 bits per heavy atom. The lowest BCUT2D eigenvalue weighted by molar-refractivity contribution is 0.0396. The number of hydrogen-bond acceptors (Lipinski definition) is 5. The summed E-state index contributed by atoms with van der Waals surface area (Å²) < 4.78 is 40.9. The minimum atomic E-state index is -3.36. The zero-order valence-corrected chi connectivity index (χ0v) is 14.4. The van der Waals surface area contributed by atoms with E-state index in [9.17, 15) is 22.7 Å². The van der Waals surface area contributed by atoms with Gasteiger partial charge in [-0.2, -0.15) is 0 Å². The maximum absolute atomic E-state index is 13.1. The first-order valence-electron chi connectivity index (χ1n) is 6.97. The van der Waals surface area contributed by atoms with E-state index in [-0.39, 0.29) is 10.5 Å². The smallest absolute Gasteiger partial charge is 0.408 e. The van der Waals surface area contributed by atoms with Crippen LogP contribution in [0.5, 0.6) is 0 Å². The lowest BCUT2D eigenvalue weighted by atomic mass is 10.0. The standard InChI is InChI=1S/C15H22FNO5S/c1-15(2,3)22-14(19)17-12(9-16)13(18)10-5-7-11(8-6-10)23(4,20)21/h5-8,12-13,18H,9H2,1-4H3,(H,17,19)/t12-,13-/m1/s1. The van der Waals surface area contributed by atoms with Crippen LogP contribution in [0.1, 0.15) is 32.4 Å². The fourth-order valence-electron chi connectivity index (χ4n) is 1.81. The van der Waals surface area contributed by atoms with Gasteiger partial charge in [0.05, 0.1) is 10.9 Å². The van der Waals surface area contributed by atoms with Gasteiger partial charge in [0, 0.05) is 6.26 Å². The number of benzene rings is 1. The number of ether oxygens (including phenoxy) is 1. The molecule has 23 heavy (non-hydrogen) atoms. The number of aliphatic hydroxyl groups is 1. The van der Waals surface area contributed by atoms with Gasteiger partial charge in [-0.1, -0.05) is 12.1 Å². The first-order chi connectivity index (χ1) is 10.4. The Morgan fingerprint density at radius 1 is 1.30 bits per heavy atom. The number of hydrogen-bond donors (Lipinski definition) is 2. The van der Waals surface area contributed by atoms with E-state index in [1.165, 1.54) is 24.3 Å². The van der Waals surface area contributed by atoms with E-state index in [4.69, 9.17) is 4.74 Å². The minimum absolute atomic E-state index is 0.0883. The van der Waals surface area contributed by atoms with E-state index in [0.29, 0.717) is 0 Å². The normalized spacial score (nSPS) is 14.9. The zero-order chi connectivity index (χ0) is 17.8. The van der Waals surface area contributed by atoms with E-state index in [0.717, 1.165) is 6.26 Å². The quantitative estimate of drug-likeness (QED) is 0.850. The Balaban J connectivity index is 2.84. The molecule has 0 aliphatic carbocycles. The molecule has 0 saturated carbocycles. The molecule has 1 aromatic carbocycles. The molecule has 0 radical (unpaired) electrons. The van der Waals surface area contributed by atoms with Gasteiger partial charge in [-0.15, -0.1) is 0 Å². The molecule has 0 saturated heterocycles. The van der Waals surface area contributed by atoms with Crippen molar-refractivity contribution < 1.29 is 27.4 Å². The summed E-state index contributed by atoms with van der Waals surface area (Å²) in [5.41, 5.74) is -0.455. The summed E-state index contributed by atoms with van der Waals surface area (Å²) in [5, 5.41) is 12.4. The van der Waals surface area contributed by atoms with E-state index in [1.807, 2.05) is 0 Å². The van der Waals surface area contributed by atoms with Crippen LogP contribution in [0, 0.1) is 0 Å². The Kier molecular flexibility index (Phi) is 6.12. The van der Waals surface area contributed by atoms with Gasteiger partial charge in [-0.25, -0.2) is 17.6 Å². The molecule has 0 bridgehead atoms. The van der Waals surface area contributed by atoms with Gasteiger partial charge in [0.15, 0.2) is 9.84 Å². The van der Waals surface area contributed by atoms with Crippen molar-refractivity contribution in [1.82, 2.24) is 5.32 Å². The predicted octanol–water partition coefficient (Wildman–Crippen LogP) is 1.99. The lowest BCUT2D eigenvalue weighted by Crippen LogP contribution is -2.43. The van der Waals surface area contributed by atoms with Crippen LogP contribution in [-0.4, -0.2) is 44.2 Å². The van der Waals surface area contributed by atoms with Crippen molar-refractivity contribution in [1.29, 1.82) is 0 Å². The third-order valence-corrected chi connectivity index (χ3v) is 4.03. The van der Waals surface area contributed by atoms with Crippen molar-refractivity contribution in [2.45, 2.75) is 43.4 Å². The first-order valence-corrected chi connectivity index (χ1v) is 8.87. The van der Waals surface area contributed by atoms with Crippen LogP contribution in [0.4, 0.5) is 9.18 Å². The topological polar surface area (TPSA) is 92.7 Å².